The summed E-state index contributed by atoms with van der Waals surface area (Å²) >= 11 is 0. The maximum absolute atomic E-state index is 13.4. The van der Waals surface area contributed by atoms with Crippen LogP contribution in [0.5, 0.6) is 0 Å². The monoisotopic (exact) mass is 426 g/mol. The Balaban J connectivity index is 1.82. The van der Waals surface area contributed by atoms with E-state index in [-0.39, 0.29) is 16.7 Å². The summed E-state index contributed by atoms with van der Waals surface area (Å²) in [6.45, 7) is 5.08. The van der Waals surface area contributed by atoms with Gasteiger partial charge in [-0.15, -0.1) is 6.42 Å². The van der Waals surface area contributed by atoms with Crippen molar-refractivity contribution in [1.82, 2.24) is 14.5 Å². The molecule has 2 aromatic heterocycles. The van der Waals surface area contributed by atoms with Crippen molar-refractivity contribution in [1.29, 1.82) is 0 Å². The molecule has 0 bridgehead atoms. The number of nitrogens with one attached hydrogen (secondary N) is 1. The molecule has 1 aromatic carbocycles. The molecule has 5 nitrogen and oxygen atoms in total. The number of hydrogen-bond acceptors (Lipinski definition) is 4. The summed E-state index contributed by atoms with van der Waals surface area (Å²) < 4.78 is 41.7. The number of pyridine rings is 1. The van der Waals surface area contributed by atoms with E-state index in [1.54, 1.807) is 23.8 Å². The average molecular weight is 426 g/mol. The second kappa shape index (κ2) is 7.12. The molecule has 4 rings (SSSR count). The zero-order valence-electron chi connectivity index (χ0n) is 17.3. The van der Waals surface area contributed by atoms with Crippen LogP contribution in [0.3, 0.4) is 0 Å². The molecule has 0 saturated heterocycles. The standard InChI is InChI=1S/C23H21F3N4O/c1-5-18(15-7-6-8-17(13(15)2)23(24,25)26)29-21-16-12-30(22(4)9-10-22)20(31)11-19(16)27-14(3)28-21/h1,6-8,11-12,18H,9-10H2,2-4H3,(H,27,28,29). The van der Waals surface area contributed by atoms with Gasteiger partial charge in [-0.25, -0.2) is 9.97 Å². The fraction of sp³-hybridized carbons (Fsp3) is 0.348. The van der Waals surface area contributed by atoms with Crippen molar-refractivity contribution < 1.29 is 13.2 Å². The van der Waals surface area contributed by atoms with E-state index in [0.29, 0.717) is 28.1 Å². The van der Waals surface area contributed by atoms with Crippen molar-refractivity contribution in [2.45, 2.75) is 51.4 Å². The number of anilines is 1. The molecule has 160 valence electrons. The summed E-state index contributed by atoms with van der Waals surface area (Å²) in [5.74, 6) is 3.32. The number of rotatable bonds is 4. The van der Waals surface area contributed by atoms with Gasteiger partial charge in [0.25, 0.3) is 5.56 Å². The van der Waals surface area contributed by atoms with Crippen molar-refractivity contribution in [3.05, 3.63) is 63.3 Å². The van der Waals surface area contributed by atoms with Crippen LogP contribution < -0.4 is 10.9 Å². The number of halogens is 3. The summed E-state index contributed by atoms with van der Waals surface area (Å²) in [6.07, 6.45) is 4.72. The summed E-state index contributed by atoms with van der Waals surface area (Å²) in [5.41, 5.74) is -0.273. The van der Waals surface area contributed by atoms with Gasteiger partial charge in [-0.3, -0.25) is 4.79 Å². The van der Waals surface area contributed by atoms with Crippen LogP contribution in [0.25, 0.3) is 10.9 Å². The first kappa shape index (κ1) is 20.9. The Hall–Kier alpha value is -3.34. The van der Waals surface area contributed by atoms with Crippen LogP contribution in [0.1, 0.15) is 48.3 Å². The second-order valence-electron chi connectivity index (χ2n) is 8.16. The molecule has 1 N–H and O–H groups in total. The highest BCUT2D eigenvalue weighted by atomic mass is 19.4. The molecule has 2 heterocycles. The number of aryl methyl sites for hydroxylation is 1. The van der Waals surface area contributed by atoms with E-state index in [2.05, 4.69) is 21.2 Å². The van der Waals surface area contributed by atoms with Gasteiger partial charge in [0, 0.05) is 17.8 Å². The van der Waals surface area contributed by atoms with E-state index in [9.17, 15) is 18.0 Å². The Morgan fingerprint density at radius 1 is 1.26 bits per heavy atom. The summed E-state index contributed by atoms with van der Waals surface area (Å²) in [7, 11) is 0. The largest absolute Gasteiger partial charge is 0.416 e. The van der Waals surface area contributed by atoms with Crippen LogP contribution in [0.15, 0.2) is 35.3 Å². The Morgan fingerprint density at radius 3 is 2.58 bits per heavy atom. The first-order valence-electron chi connectivity index (χ1n) is 9.84. The van der Waals surface area contributed by atoms with Crippen LogP contribution in [0.4, 0.5) is 19.0 Å². The van der Waals surface area contributed by atoms with Gasteiger partial charge in [0.15, 0.2) is 0 Å². The maximum Gasteiger partial charge on any atom is 0.416 e. The van der Waals surface area contributed by atoms with Crippen molar-refractivity contribution in [2.24, 2.45) is 0 Å². The van der Waals surface area contributed by atoms with E-state index >= 15 is 0 Å². The zero-order chi connectivity index (χ0) is 22.6. The van der Waals surface area contributed by atoms with E-state index in [1.165, 1.54) is 19.1 Å². The van der Waals surface area contributed by atoms with Gasteiger partial charge in [0.2, 0.25) is 0 Å². The topological polar surface area (TPSA) is 59.8 Å². The minimum atomic E-state index is -4.48. The third-order valence-electron chi connectivity index (χ3n) is 5.84. The molecule has 1 aliphatic carbocycles. The molecule has 0 spiro atoms. The van der Waals surface area contributed by atoms with Crippen molar-refractivity contribution in [3.8, 4) is 12.3 Å². The summed E-state index contributed by atoms with van der Waals surface area (Å²) in [6, 6.07) is 4.55. The van der Waals surface area contributed by atoms with Gasteiger partial charge < -0.3 is 9.88 Å². The first-order valence-corrected chi connectivity index (χ1v) is 9.84. The van der Waals surface area contributed by atoms with Crippen LogP contribution in [-0.2, 0) is 11.7 Å². The van der Waals surface area contributed by atoms with E-state index in [4.69, 9.17) is 6.42 Å². The van der Waals surface area contributed by atoms with E-state index in [0.717, 1.165) is 18.9 Å². The van der Waals surface area contributed by atoms with Gasteiger partial charge >= 0.3 is 6.18 Å². The number of nitrogens with zero attached hydrogens (tertiary/aromatic N) is 3. The average Bonchev–Trinajstić information content (AvgIpc) is 3.43. The van der Waals surface area contributed by atoms with Crippen LogP contribution in [0.2, 0.25) is 0 Å². The Kier molecular flexibility index (Phi) is 4.80. The number of alkyl halides is 3. The number of fused-ring (bicyclic) bond motifs is 1. The molecule has 1 saturated carbocycles. The lowest BCUT2D eigenvalue weighted by atomic mass is 9.96. The predicted octanol–water partition coefficient (Wildman–Crippen LogP) is 4.72. The molecule has 31 heavy (non-hydrogen) atoms. The zero-order valence-corrected chi connectivity index (χ0v) is 17.3. The molecular formula is C23H21F3N4O. The fourth-order valence-electron chi connectivity index (χ4n) is 3.79. The minimum Gasteiger partial charge on any atom is -0.352 e. The van der Waals surface area contributed by atoms with E-state index < -0.39 is 17.8 Å². The SMILES string of the molecule is C#CC(Nc1nc(C)nc2cc(=O)n(C3(C)CC3)cc12)c1cccc(C(F)(F)F)c1C. The molecule has 1 fully saturated rings. The molecular weight excluding hydrogens is 405 g/mol. The van der Waals surface area contributed by atoms with Crippen LogP contribution >= 0.6 is 0 Å². The quantitative estimate of drug-likeness (QED) is 0.613. The number of terminal acetylenes is 1. The number of aromatic nitrogens is 3. The van der Waals surface area contributed by atoms with Gasteiger partial charge in [-0.1, -0.05) is 18.1 Å². The molecule has 1 aliphatic rings. The lowest BCUT2D eigenvalue weighted by Crippen LogP contribution is -2.27. The Bertz CT molecular complexity index is 1280. The van der Waals surface area contributed by atoms with Gasteiger partial charge in [0.05, 0.1) is 16.5 Å². The Labute approximate surface area is 177 Å². The third kappa shape index (κ3) is 3.76. The van der Waals surface area contributed by atoms with Crippen molar-refractivity contribution >= 4 is 16.7 Å². The van der Waals surface area contributed by atoms with Crippen LogP contribution in [-0.4, -0.2) is 14.5 Å². The van der Waals surface area contributed by atoms with E-state index in [1.807, 2.05) is 6.92 Å². The lowest BCUT2D eigenvalue weighted by Gasteiger charge is -2.21. The number of benzene rings is 1. The summed E-state index contributed by atoms with van der Waals surface area (Å²) in [5, 5.41) is 3.68. The lowest BCUT2D eigenvalue weighted by molar-refractivity contribution is -0.138. The van der Waals surface area contributed by atoms with Crippen molar-refractivity contribution in [2.75, 3.05) is 5.32 Å². The molecule has 0 aliphatic heterocycles. The third-order valence-corrected chi connectivity index (χ3v) is 5.84. The molecule has 1 unspecified atom stereocenters. The second-order valence-corrected chi connectivity index (χ2v) is 8.16. The number of hydrogen-bond donors (Lipinski definition) is 1. The van der Waals surface area contributed by atoms with Gasteiger partial charge in [-0.05, 0) is 50.8 Å². The van der Waals surface area contributed by atoms with Crippen molar-refractivity contribution in [3.63, 3.8) is 0 Å². The Morgan fingerprint density at radius 2 is 1.97 bits per heavy atom. The van der Waals surface area contributed by atoms with Gasteiger partial charge in [-0.2, -0.15) is 13.2 Å². The molecule has 1 atom stereocenters. The highest BCUT2D eigenvalue weighted by Gasteiger charge is 2.40. The van der Waals surface area contributed by atoms with Crippen LogP contribution in [0, 0.1) is 26.2 Å². The predicted molar refractivity (Wildman–Crippen MR) is 113 cm³/mol. The first-order chi connectivity index (χ1) is 14.5. The maximum atomic E-state index is 13.4. The highest BCUT2D eigenvalue weighted by molar-refractivity contribution is 5.88. The summed E-state index contributed by atoms with van der Waals surface area (Å²) in [4.78, 5) is 21.3. The fourth-order valence-corrected chi connectivity index (χ4v) is 3.79. The smallest absolute Gasteiger partial charge is 0.352 e. The minimum absolute atomic E-state index is 0.0583. The normalized spacial score (nSPS) is 16.0. The highest BCUT2D eigenvalue weighted by Crippen LogP contribution is 2.42. The van der Waals surface area contributed by atoms with Gasteiger partial charge in [0.1, 0.15) is 17.7 Å². The molecule has 0 radical (unpaired) electrons. The molecule has 3 aromatic rings. The molecule has 0 amide bonds. The molecule has 8 heteroatoms.